The Balaban J connectivity index is 2.48. The van der Waals surface area contributed by atoms with Crippen molar-refractivity contribution in [1.82, 2.24) is 4.98 Å². The summed E-state index contributed by atoms with van der Waals surface area (Å²) in [4.78, 5) is 4.24. The Labute approximate surface area is 82.9 Å². The predicted molar refractivity (Wildman–Crippen MR) is 56.1 cm³/mol. The molecule has 0 bridgehead atoms. The van der Waals surface area contributed by atoms with Gasteiger partial charge in [-0.15, -0.1) is 0 Å². The maximum Gasteiger partial charge on any atom is 0.118 e. The molecule has 1 heterocycles. The minimum Gasteiger partial charge on any atom is -0.508 e. The summed E-state index contributed by atoms with van der Waals surface area (Å²) in [5.74, 6) is 0.324. The Morgan fingerprint density at radius 1 is 1.14 bits per heavy atom. The molecule has 0 aliphatic carbocycles. The Morgan fingerprint density at radius 2 is 2.00 bits per heavy atom. The number of aromatic hydroxyl groups is 1. The van der Waals surface area contributed by atoms with Crippen molar-refractivity contribution in [2.24, 2.45) is 0 Å². The molecular formula is C12H11NO. The van der Waals surface area contributed by atoms with E-state index in [-0.39, 0.29) is 0 Å². The molecule has 1 N–H and O–H groups in total. The molecule has 0 aliphatic rings. The van der Waals surface area contributed by atoms with Crippen molar-refractivity contribution in [2.45, 2.75) is 6.92 Å². The highest BCUT2D eigenvalue weighted by atomic mass is 16.3. The molecule has 0 radical (unpaired) electrons. The number of hydrogen-bond acceptors (Lipinski definition) is 2. The molecule has 1 aromatic heterocycles. The van der Waals surface area contributed by atoms with Crippen molar-refractivity contribution in [3.63, 3.8) is 0 Å². The summed E-state index contributed by atoms with van der Waals surface area (Å²) in [7, 11) is 0. The van der Waals surface area contributed by atoms with E-state index in [1.807, 2.05) is 37.3 Å². The Morgan fingerprint density at radius 3 is 2.64 bits per heavy atom. The van der Waals surface area contributed by atoms with Gasteiger partial charge in [0.25, 0.3) is 0 Å². The van der Waals surface area contributed by atoms with Gasteiger partial charge in [0.2, 0.25) is 0 Å². The van der Waals surface area contributed by atoms with Crippen molar-refractivity contribution >= 4 is 0 Å². The second-order valence-corrected chi connectivity index (χ2v) is 3.22. The zero-order valence-electron chi connectivity index (χ0n) is 7.94. The summed E-state index contributed by atoms with van der Waals surface area (Å²) in [6.07, 6.45) is 1.76. The fourth-order valence-electron chi connectivity index (χ4n) is 1.35. The van der Waals surface area contributed by atoms with Crippen LogP contribution < -0.4 is 0 Å². The van der Waals surface area contributed by atoms with Gasteiger partial charge in [0.1, 0.15) is 5.75 Å². The van der Waals surface area contributed by atoms with Crippen LogP contribution in [0.2, 0.25) is 0 Å². The standard InChI is InChI=1S/C12H11NO/c1-9-8-10(5-6-12(9)14)11-4-2-3-7-13-11/h2-8,14H,1H3. The molecule has 0 amide bonds. The molecule has 2 nitrogen and oxygen atoms in total. The van der Waals surface area contributed by atoms with Crippen molar-refractivity contribution in [3.8, 4) is 17.0 Å². The third-order valence-electron chi connectivity index (χ3n) is 2.16. The average Bonchev–Trinajstić information content (AvgIpc) is 2.23. The van der Waals surface area contributed by atoms with E-state index < -0.39 is 0 Å². The van der Waals surface area contributed by atoms with Gasteiger partial charge in [-0.3, -0.25) is 4.98 Å². The molecule has 1 aromatic carbocycles. The number of phenolic OH excluding ortho intramolecular Hbond substituents is 1. The monoisotopic (exact) mass is 185 g/mol. The van der Waals surface area contributed by atoms with Crippen molar-refractivity contribution in [1.29, 1.82) is 0 Å². The highest BCUT2D eigenvalue weighted by Crippen LogP contribution is 2.23. The third kappa shape index (κ3) is 1.59. The van der Waals surface area contributed by atoms with E-state index >= 15 is 0 Å². The lowest BCUT2D eigenvalue weighted by molar-refractivity contribution is 0.471. The number of aryl methyl sites for hydroxylation is 1. The summed E-state index contributed by atoms with van der Waals surface area (Å²) < 4.78 is 0. The largest absolute Gasteiger partial charge is 0.508 e. The number of pyridine rings is 1. The van der Waals surface area contributed by atoms with Crippen LogP contribution in [0.25, 0.3) is 11.3 Å². The van der Waals surface area contributed by atoms with Gasteiger partial charge in [0, 0.05) is 11.8 Å². The summed E-state index contributed by atoms with van der Waals surface area (Å²) in [6.45, 7) is 1.88. The first-order chi connectivity index (χ1) is 6.77. The molecule has 0 saturated carbocycles. The number of benzene rings is 1. The van der Waals surface area contributed by atoms with Gasteiger partial charge in [-0.05, 0) is 42.8 Å². The van der Waals surface area contributed by atoms with Gasteiger partial charge in [0.15, 0.2) is 0 Å². The van der Waals surface area contributed by atoms with Gasteiger partial charge in [-0.25, -0.2) is 0 Å². The number of phenols is 1. The SMILES string of the molecule is Cc1cc(-c2ccccn2)ccc1O. The lowest BCUT2D eigenvalue weighted by atomic mass is 10.1. The van der Waals surface area contributed by atoms with Crippen molar-refractivity contribution in [3.05, 3.63) is 48.2 Å². The van der Waals surface area contributed by atoms with Crippen LogP contribution in [0.1, 0.15) is 5.56 Å². The zero-order chi connectivity index (χ0) is 9.97. The molecule has 2 heteroatoms. The second-order valence-electron chi connectivity index (χ2n) is 3.22. The summed E-state index contributed by atoms with van der Waals surface area (Å²) >= 11 is 0. The van der Waals surface area contributed by atoms with E-state index in [2.05, 4.69) is 4.98 Å². The quantitative estimate of drug-likeness (QED) is 0.741. The summed E-state index contributed by atoms with van der Waals surface area (Å²) in [5.41, 5.74) is 2.82. The van der Waals surface area contributed by atoms with Crippen LogP contribution in [-0.2, 0) is 0 Å². The molecule has 2 rings (SSSR count). The molecule has 14 heavy (non-hydrogen) atoms. The lowest BCUT2D eigenvalue weighted by Crippen LogP contribution is -1.83. The van der Waals surface area contributed by atoms with E-state index in [9.17, 15) is 5.11 Å². The maximum atomic E-state index is 9.37. The zero-order valence-corrected chi connectivity index (χ0v) is 7.94. The van der Waals surface area contributed by atoms with Gasteiger partial charge in [-0.1, -0.05) is 6.07 Å². The van der Waals surface area contributed by atoms with Crippen LogP contribution in [-0.4, -0.2) is 10.1 Å². The Hall–Kier alpha value is -1.83. The Kier molecular flexibility index (Phi) is 2.19. The van der Waals surface area contributed by atoms with Crippen LogP contribution in [0, 0.1) is 6.92 Å². The van der Waals surface area contributed by atoms with Crippen LogP contribution in [0.4, 0.5) is 0 Å². The van der Waals surface area contributed by atoms with Crippen LogP contribution in [0.15, 0.2) is 42.6 Å². The van der Waals surface area contributed by atoms with Crippen LogP contribution >= 0.6 is 0 Å². The van der Waals surface area contributed by atoms with E-state index in [1.165, 1.54) is 0 Å². The molecule has 0 unspecified atom stereocenters. The van der Waals surface area contributed by atoms with E-state index in [0.29, 0.717) is 5.75 Å². The molecule has 2 aromatic rings. The van der Waals surface area contributed by atoms with Crippen LogP contribution in [0.3, 0.4) is 0 Å². The molecular weight excluding hydrogens is 174 g/mol. The molecule has 0 atom stereocenters. The molecule has 0 fully saturated rings. The third-order valence-corrected chi connectivity index (χ3v) is 2.16. The van der Waals surface area contributed by atoms with Gasteiger partial charge >= 0.3 is 0 Å². The van der Waals surface area contributed by atoms with E-state index in [1.54, 1.807) is 12.3 Å². The number of hydrogen-bond donors (Lipinski definition) is 1. The first kappa shape index (κ1) is 8.75. The van der Waals surface area contributed by atoms with E-state index in [0.717, 1.165) is 16.8 Å². The number of nitrogens with zero attached hydrogens (tertiary/aromatic N) is 1. The van der Waals surface area contributed by atoms with Crippen molar-refractivity contribution < 1.29 is 5.11 Å². The first-order valence-corrected chi connectivity index (χ1v) is 4.48. The number of rotatable bonds is 1. The topological polar surface area (TPSA) is 33.1 Å². The number of aromatic nitrogens is 1. The van der Waals surface area contributed by atoms with Crippen molar-refractivity contribution in [2.75, 3.05) is 0 Å². The highest BCUT2D eigenvalue weighted by molar-refractivity contribution is 5.61. The summed E-state index contributed by atoms with van der Waals surface area (Å²) in [5, 5.41) is 9.37. The smallest absolute Gasteiger partial charge is 0.118 e. The maximum absolute atomic E-state index is 9.37. The fourth-order valence-corrected chi connectivity index (χ4v) is 1.35. The Bertz CT molecular complexity index is 437. The second kappa shape index (κ2) is 3.50. The fraction of sp³-hybridized carbons (Fsp3) is 0.0833. The molecule has 0 spiro atoms. The van der Waals surface area contributed by atoms with Gasteiger partial charge < -0.3 is 5.11 Å². The van der Waals surface area contributed by atoms with Gasteiger partial charge in [0.05, 0.1) is 5.69 Å². The lowest BCUT2D eigenvalue weighted by Gasteiger charge is -2.03. The van der Waals surface area contributed by atoms with Gasteiger partial charge in [-0.2, -0.15) is 0 Å². The minimum atomic E-state index is 0.324. The summed E-state index contributed by atoms with van der Waals surface area (Å²) in [6, 6.07) is 11.3. The first-order valence-electron chi connectivity index (χ1n) is 4.48. The molecule has 0 saturated heterocycles. The predicted octanol–water partition coefficient (Wildman–Crippen LogP) is 2.76. The average molecular weight is 185 g/mol. The normalized spacial score (nSPS) is 10.1. The van der Waals surface area contributed by atoms with E-state index in [4.69, 9.17) is 0 Å². The highest BCUT2D eigenvalue weighted by Gasteiger charge is 2.00. The van der Waals surface area contributed by atoms with Crippen LogP contribution in [0.5, 0.6) is 5.75 Å². The molecule has 0 aliphatic heterocycles. The molecule has 70 valence electrons. The minimum absolute atomic E-state index is 0.324.